The normalized spacial score (nSPS) is 15.1. The Bertz CT molecular complexity index is 1120. The van der Waals surface area contributed by atoms with E-state index in [2.05, 4.69) is 20.9 Å². The number of ether oxygens (including phenoxy) is 1. The molecule has 3 aromatic rings. The molecule has 0 spiro atoms. The zero-order valence-electron chi connectivity index (χ0n) is 16.7. The van der Waals surface area contributed by atoms with Crippen molar-refractivity contribution in [3.05, 3.63) is 53.0 Å². The summed E-state index contributed by atoms with van der Waals surface area (Å²) >= 11 is 3.45. The van der Waals surface area contributed by atoms with Crippen molar-refractivity contribution in [2.75, 3.05) is 25.1 Å². The van der Waals surface area contributed by atoms with E-state index in [0.717, 1.165) is 48.8 Å². The third kappa shape index (κ3) is 4.25. The van der Waals surface area contributed by atoms with Crippen LogP contribution >= 0.6 is 15.9 Å². The molecule has 4 rings (SSSR count). The summed E-state index contributed by atoms with van der Waals surface area (Å²) in [5.41, 5.74) is 0.719. The van der Waals surface area contributed by atoms with E-state index in [1.165, 1.54) is 12.1 Å². The lowest BCUT2D eigenvalue weighted by Gasteiger charge is -2.20. The van der Waals surface area contributed by atoms with E-state index in [-0.39, 0.29) is 9.92 Å². The Morgan fingerprint density at radius 2 is 1.73 bits per heavy atom. The molecule has 0 amide bonds. The van der Waals surface area contributed by atoms with E-state index < -0.39 is 9.84 Å². The van der Waals surface area contributed by atoms with Gasteiger partial charge in [0, 0.05) is 23.1 Å². The Balaban J connectivity index is 1.83. The first-order valence-corrected chi connectivity index (χ1v) is 12.2. The first kappa shape index (κ1) is 20.9. The lowest BCUT2D eigenvalue weighted by molar-refractivity contribution is 0.414. The van der Waals surface area contributed by atoms with Crippen molar-refractivity contribution < 1.29 is 17.6 Å². The number of aromatic nitrogens is 1. The van der Waals surface area contributed by atoms with Crippen LogP contribution < -0.4 is 9.64 Å². The van der Waals surface area contributed by atoms with Crippen LogP contribution in [0.1, 0.15) is 25.7 Å². The molecule has 1 fully saturated rings. The predicted molar refractivity (Wildman–Crippen MR) is 119 cm³/mol. The van der Waals surface area contributed by atoms with Gasteiger partial charge in [0.15, 0.2) is 0 Å². The number of anilines is 1. The van der Waals surface area contributed by atoms with Crippen LogP contribution in [0.4, 0.5) is 5.88 Å². The molecule has 158 valence electrons. The van der Waals surface area contributed by atoms with Gasteiger partial charge in [-0.25, -0.2) is 8.42 Å². The van der Waals surface area contributed by atoms with Crippen molar-refractivity contribution in [1.29, 1.82) is 0 Å². The van der Waals surface area contributed by atoms with Crippen molar-refractivity contribution in [1.82, 2.24) is 4.98 Å². The first-order valence-electron chi connectivity index (χ1n) is 9.90. The summed E-state index contributed by atoms with van der Waals surface area (Å²) in [7, 11) is -2.32. The summed E-state index contributed by atoms with van der Waals surface area (Å²) in [5.74, 6) is 1.21. The fourth-order valence-corrected chi connectivity index (χ4v) is 5.28. The molecular weight excluding hydrogens is 468 g/mol. The van der Waals surface area contributed by atoms with Gasteiger partial charge in [0.1, 0.15) is 5.75 Å². The second kappa shape index (κ2) is 8.81. The largest absolute Gasteiger partial charge is 0.497 e. The molecule has 1 aliphatic heterocycles. The minimum Gasteiger partial charge on any atom is -0.497 e. The molecule has 8 heteroatoms. The summed E-state index contributed by atoms with van der Waals surface area (Å²) in [6.07, 6.45) is 4.25. The Hall–Kier alpha value is -2.32. The summed E-state index contributed by atoms with van der Waals surface area (Å²) < 4.78 is 39.1. The third-order valence-electron chi connectivity index (χ3n) is 5.17. The number of benzene rings is 2. The highest BCUT2D eigenvalue weighted by Gasteiger charge is 2.31. The molecule has 2 heterocycles. The van der Waals surface area contributed by atoms with Crippen LogP contribution in [0.2, 0.25) is 0 Å². The quantitative estimate of drug-likeness (QED) is 0.481. The molecule has 1 saturated heterocycles. The van der Waals surface area contributed by atoms with Crippen LogP contribution in [-0.4, -0.2) is 33.6 Å². The number of halogens is 1. The average molecular weight is 491 g/mol. The average Bonchev–Trinajstić information content (AvgIpc) is 3.04. The summed E-state index contributed by atoms with van der Waals surface area (Å²) in [6, 6.07) is 13.8. The van der Waals surface area contributed by atoms with Gasteiger partial charge in [0.05, 0.1) is 12.0 Å². The van der Waals surface area contributed by atoms with Crippen molar-refractivity contribution in [3.8, 4) is 17.2 Å². The smallest absolute Gasteiger partial charge is 0.236 e. The summed E-state index contributed by atoms with van der Waals surface area (Å²) in [4.78, 5) is 6.64. The second-order valence-electron chi connectivity index (χ2n) is 7.22. The van der Waals surface area contributed by atoms with Crippen molar-refractivity contribution in [2.45, 2.75) is 35.6 Å². The van der Waals surface area contributed by atoms with Gasteiger partial charge in [-0.15, -0.1) is 0 Å². The van der Waals surface area contributed by atoms with Gasteiger partial charge in [0.2, 0.25) is 26.6 Å². The minimum atomic E-state index is -3.87. The molecule has 0 N–H and O–H groups in total. The number of sulfone groups is 1. The lowest BCUT2D eigenvalue weighted by atomic mass is 10.2. The van der Waals surface area contributed by atoms with E-state index in [1.807, 2.05) is 29.2 Å². The number of methoxy groups -OCH3 is 1. The van der Waals surface area contributed by atoms with E-state index in [9.17, 15) is 8.42 Å². The van der Waals surface area contributed by atoms with E-state index in [4.69, 9.17) is 9.15 Å². The lowest BCUT2D eigenvalue weighted by Crippen LogP contribution is -2.25. The molecule has 1 aliphatic rings. The maximum atomic E-state index is 13.5. The van der Waals surface area contributed by atoms with Crippen molar-refractivity contribution in [2.24, 2.45) is 0 Å². The molecule has 0 bridgehead atoms. The molecule has 0 saturated carbocycles. The Morgan fingerprint density at radius 3 is 2.37 bits per heavy atom. The number of nitrogens with zero attached hydrogens (tertiary/aromatic N) is 2. The zero-order chi connectivity index (χ0) is 21.1. The Labute approximate surface area is 184 Å². The van der Waals surface area contributed by atoms with Crippen molar-refractivity contribution >= 4 is 31.7 Å². The van der Waals surface area contributed by atoms with Gasteiger partial charge < -0.3 is 14.1 Å². The van der Waals surface area contributed by atoms with Crippen LogP contribution in [0.5, 0.6) is 5.75 Å². The molecule has 0 unspecified atom stereocenters. The molecule has 0 aliphatic carbocycles. The number of hydrogen-bond donors (Lipinski definition) is 0. The first-order chi connectivity index (χ1) is 14.5. The highest BCUT2D eigenvalue weighted by atomic mass is 79.9. The maximum absolute atomic E-state index is 13.5. The van der Waals surface area contributed by atoms with Gasteiger partial charge in [-0.1, -0.05) is 34.8 Å². The standard InChI is InChI=1S/C22H23BrN2O4S/c1-28-18-9-11-19(12-10-18)30(26,27)21-22(25-13-4-2-3-5-14-25)29-20(24-21)16-7-6-8-17(23)15-16/h6-12,15H,2-5,13-14H2,1H3. The molecule has 1 aromatic heterocycles. The van der Waals surface area contributed by atoms with E-state index in [0.29, 0.717) is 17.5 Å². The Morgan fingerprint density at radius 1 is 1.03 bits per heavy atom. The maximum Gasteiger partial charge on any atom is 0.236 e. The van der Waals surface area contributed by atoms with Gasteiger partial charge in [-0.3, -0.25) is 0 Å². The molecule has 6 nitrogen and oxygen atoms in total. The second-order valence-corrected chi connectivity index (χ2v) is 10.0. The fourth-order valence-electron chi connectivity index (χ4n) is 3.56. The van der Waals surface area contributed by atoms with Gasteiger partial charge in [0.25, 0.3) is 0 Å². The molecule has 0 radical (unpaired) electrons. The Kier molecular flexibility index (Phi) is 6.15. The van der Waals surface area contributed by atoms with Gasteiger partial charge >= 0.3 is 0 Å². The number of oxazole rings is 1. The van der Waals surface area contributed by atoms with Crippen LogP contribution in [-0.2, 0) is 9.84 Å². The highest BCUT2D eigenvalue weighted by molar-refractivity contribution is 9.10. The van der Waals surface area contributed by atoms with Crippen LogP contribution in [0.25, 0.3) is 11.5 Å². The minimum absolute atomic E-state index is 0.0375. The fraction of sp³-hybridized carbons (Fsp3) is 0.318. The van der Waals surface area contributed by atoms with Gasteiger partial charge in [-0.05, 0) is 55.3 Å². The van der Waals surface area contributed by atoms with E-state index in [1.54, 1.807) is 19.2 Å². The summed E-state index contributed by atoms with van der Waals surface area (Å²) in [6.45, 7) is 1.50. The predicted octanol–water partition coefficient (Wildman–Crippen LogP) is 5.33. The zero-order valence-corrected chi connectivity index (χ0v) is 19.1. The van der Waals surface area contributed by atoms with Gasteiger partial charge in [-0.2, -0.15) is 4.98 Å². The number of rotatable bonds is 5. The molecule has 30 heavy (non-hydrogen) atoms. The van der Waals surface area contributed by atoms with Crippen molar-refractivity contribution in [3.63, 3.8) is 0 Å². The molecular formula is C22H23BrN2O4S. The summed E-state index contributed by atoms with van der Waals surface area (Å²) in [5, 5.41) is -0.0375. The topological polar surface area (TPSA) is 72.6 Å². The highest BCUT2D eigenvalue weighted by Crippen LogP contribution is 2.36. The monoisotopic (exact) mass is 490 g/mol. The van der Waals surface area contributed by atoms with E-state index >= 15 is 0 Å². The van der Waals surface area contributed by atoms with Crippen LogP contribution in [0.15, 0.2) is 67.3 Å². The van der Waals surface area contributed by atoms with Crippen LogP contribution in [0, 0.1) is 0 Å². The van der Waals surface area contributed by atoms with Crippen LogP contribution in [0.3, 0.4) is 0 Å². The SMILES string of the molecule is COc1ccc(S(=O)(=O)c2nc(-c3cccc(Br)c3)oc2N2CCCCCC2)cc1. The molecule has 0 atom stereocenters. The number of hydrogen-bond acceptors (Lipinski definition) is 6. The molecule has 2 aromatic carbocycles. The third-order valence-corrected chi connectivity index (χ3v) is 7.33.